The molecule has 0 fully saturated rings. The minimum atomic E-state index is -0.249. The van der Waals surface area contributed by atoms with Gasteiger partial charge in [-0.15, -0.1) is 12.4 Å². The van der Waals surface area contributed by atoms with E-state index in [1.807, 2.05) is 24.3 Å². The van der Waals surface area contributed by atoms with Crippen LogP contribution in [-0.2, 0) is 4.74 Å². The smallest absolute Gasteiger partial charge is 0.132 e. The van der Waals surface area contributed by atoms with E-state index >= 15 is 0 Å². The number of amidine groups is 1. The van der Waals surface area contributed by atoms with Gasteiger partial charge in [-0.3, -0.25) is 4.99 Å². The Balaban J connectivity index is 0.00000208. The molecule has 6 heteroatoms. The molecule has 0 aliphatic carbocycles. The van der Waals surface area contributed by atoms with Crippen LogP contribution in [0.2, 0.25) is 0 Å². The van der Waals surface area contributed by atoms with E-state index < -0.39 is 0 Å². The maximum Gasteiger partial charge on any atom is 0.132 e. The van der Waals surface area contributed by atoms with Gasteiger partial charge in [0.05, 0.1) is 18.7 Å². The minimum Gasteiger partial charge on any atom is -0.490 e. The van der Waals surface area contributed by atoms with Crippen molar-refractivity contribution in [3.8, 4) is 16.9 Å². The molecule has 0 unspecified atom stereocenters. The molecule has 0 bridgehead atoms. The van der Waals surface area contributed by atoms with Crippen LogP contribution >= 0.6 is 12.4 Å². The van der Waals surface area contributed by atoms with E-state index in [0.717, 1.165) is 41.4 Å². The van der Waals surface area contributed by atoms with E-state index in [9.17, 15) is 4.39 Å². The van der Waals surface area contributed by atoms with Crippen molar-refractivity contribution in [1.82, 2.24) is 5.32 Å². The Morgan fingerprint density at radius 1 is 1.12 bits per heavy atom. The molecule has 1 N–H and O–H groups in total. The van der Waals surface area contributed by atoms with Crippen LogP contribution < -0.4 is 10.1 Å². The van der Waals surface area contributed by atoms with E-state index in [1.165, 1.54) is 12.1 Å². The second kappa shape index (κ2) is 8.66. The molecule has 0 atom stereocenters. The highest BCUT2D eigenvalue weighted by Gasteiger charge is 2.15. The summed E-state index contributed by atoms with van der Waals surface area (Å²) in [6.07, 6.45) is 0. The predicted octanol–water partition coefficient (Wildman–Crippen LogP) is 3.29. The van der Waals surface area contributed by atoms with Crippen molar-refractivity contribution >= 4 is 18.2 Å². The van der Waals surface area contributed by atoms with Gasteiger partial charge in [0, 0.05) is 13.7 Å². The topological polar surface area (TPSA) is 42.9 Å². The lowest BCUT2D eigenvalue weighted by molar-refractivity contribution is 0.146. The van der Waals surface area contributed by atoms with Crippen molar-refractivity contribution in [2.24, 2.45) is 4.99 Å². The Kier molecular flexibility index (Phi) is 6.58. The molecule has 2 aromatic rings. The maximum absolute atomic E-state index is 13.5. The summed E-state index contributed by atoms with van der Waals surface area (Å²) in [5, 5.41) is 3.26. The number of halogens is 2. The summed E-state index contributed by atoms with van der Waals surface area (Å²) in [5.41, 5.74) is 2.64. The molecule has 1 heterocycles. The van der Waals surface area contributed by atoms with Crippen molar-refractivity contribution in [2.45, 2.75) is 0 Å². The summed E-state index contributed by atoms with van der Waals surface area (Å²) in [6.45, 7) is 2.55. The third-order valence-electron chi connectivity index (χ3n) is 3.61. The van der Waals surface area contributed by atoms with Gasteiger partial charge in [-0.2, -0.15) is 0 Å². The number of nitrogens with zero attached hydrogens (tertiary/aromatic N) is 1. The third-order valence-corrected chi connectivity index (χ3v) is 3.61. The van der Waals surface area contributed by atoms with Crippen LogP contribution in [0.15, 0.2) is 47.5 Å². The molecular formula is C18H20ClFN2O2. The molecule has 0 aromatic heterocycles. The van der Waals surface area contributed by atoms with Crippen LogP contribution in [0.25, 0.3) is 11.1 Å². The summed E-state index contributed by atoms with van der Waals surface area (Å²) >= 11 is 0. The first-order valence-electron chi connectivity index (χ1n) is 7.58. The first-order chi connectivity index (χ1) is 11.3. The van der Waals surface area contributed by atoms with Gasteiger partial charge in [-0.05, 0) is 35.4 Å². The van der Waals surface area contributed by atoms with Crippen LogP contribution in [0.5, 0.6) is 5.75 Å². The van der Waals surface area contributed by atoms with Gasteiger partial charge in [0.1, 0.15) is 24.0 Å². The zero-order valence-corrected chi connectivity index (χ0v) is 14.2. The first-order valence-corrected chi connectivity index (χ1v) is 7.58. The number of hydrogen-bond donors (Lipinski definition) is 1. The number of hydrogen-bond acceptors (Lipinski definition) is 4. The normalized spacial score (nSPS) is 13.0. The quantitative estimate of drug-likeness (QED) is 0.813. The number of methoxy groups -OCH3 is 1. The van der Waals surface area contributed by atoms with E-state index in [1.54, 1.807) is 13.2 Å². The van der Waals surface area contributed by atoms with E-state index in [-0.39, 0.29) is 18.2 Å². The molecule has 0 saturated carbocycles. The van der Waals surface area contributed by atoms with Crippen LogP contribution in [-0.4, -0.2) is 39.2 Å². The zero-order chi connectivity index (χ0) is 16.1. The van der Waals surface area contributed by atoms with Crippen LogP contribution in [0.1, 0.15) is 5.56 Å². The lowest BCUT2D eigenvalue weighted by Crippen LogP contribution is -2.20. The van der Waals surface area contributed by atoms with Gasteiger partial charge < -0.3 is 14.8 Å². The van der Waals surface area contributed by atoms with Crippen molar-refractivity contribution in [3.63, 3.8) is 0 Å². The van der Waals surface area contributed by atoms with E-state index in [4.69, 9.17) is 9.47 Å². The van der Waals surface area contributed by atoms with Crippen molar-refractivity contribution < 1.29 is 13.9 Å². The van der Waals surface area contributed by atoms with Gasteiger partial charge >= 0.3 is 0 Å². The van der Waals surface area contributed by atoms with Gasteiger partial charge in [0.25, 0.3) is 0 Å². The lowest BCUT2D eigenvalue weighted by Gasteiger charge is -2.14. The van der Waals surface area contributed by atoms with Gasteiger partial charge in [-0.25, -0.2) is 4.39 Å². The Morgan fingerprint density at radius 3 is 2.67 bits per heavy atom. The molecule has 4 nitrogen and oxygen atoms in total. The van der Waals surface area contributed by atoms with Gasteiger partial charge in [0.2, 0.25) is 0 Å². The molecule has 0 radical (unpaired) electrons. The van der Waals surface area contributed by atoms with Crippen LogP contribution in [0.4, 0.5) is 4.39 Å². The molecule has 2 aromatic carbocycles. The predicted molar refractivity (Wildman–Crippen MR) is 95.9 cm³/mol. The highest BCUT2D eigenvalue weighted by molar-refractivity contribution is 6.03. The summed E-state index contributed by atoms with van der Waals surface area (Å²) < 4.78 is 24.3. The summed E-state index contributed by atoms with van der Waals surface area (Å²) in [4.78, 5) is 4.47. The molecule has 0 saturated heterocycles. The van der Waals surface area contributed by atoms with Crippen LogP contribution in [0.3, 0.4) is 0 Å². The van der Waals surface area contributed by atoms with Crippen molar-refractivity contribution in [2.75, 3.05) is 33.4 Å². The zero-order valence-electron chi connectivity index (χ0n) is 13.4. The second-order valence-corrected chi connectivity index (χ2v) is 5.22. The fraction of sp³-hybridized carbons (Fsp3) is 0.278. The summed E-state index contributed by atoms with van der Waals surface area (Å²) in [5.74, 6) is 1.31. The van der Waals surface area contributed by atoms with Gasteiger partial charge in [0.15, 0.2) is 0 Å². The minimum absolute atomic E-state index is 0. The number of benzene rings is 2. The number of ether oxygens (including phenoxy) is 2. The van der Waals surface area contributed by atoms with E-state index in [0.29, 0.717) is 13.2 Å². The fourth-order valence-corrected chi connectivity index (χ4v) is 2.50. The summed E-state index contributed by atoms with van der Waals surface area (Å²) in [6, 6.07) is 12.4. The molecule has 24 heavy (non-hydrogen) atoms. The van der Waals surface area contributed by atoms with Gasteiger partial charge in [-0.1, -0.05) is 18.2 Å². The van der Waals surface area contributed by atoms with Crippen LogP contribution in [0, 0.1) is 5.82 Å². The largest absolute Gasteiger partial charge is 0.490 e. The fourth-order valence-electron chi connectivity index (χ4n) is 2.50. The molecule has 0 spiro atoms. The summed E-state index contributed by atoms with van der Waals surface area (Å²) in [7, 11) is 1.64. The second-order valence-electron chi connectivity index (χ2n) is 5.22. The van der Waals surface area contributed by atoms with Crippen molar-refractivity contribution in [1.29, 1.82) is 0 Å². The average molecular weight is 351 g/mol. The third kappa shape index (κ3) is 4.24. The molecule has 128 valence electrons. The Hall–Kier alpha value is -2.11. The number of rotatable bonds is 6. The molecule has 0 amide bonds. The Labute approximate surface area is 147 Å². The molecule has 3 rings (SSSR count). The van der Waals surface area contributed by atoms with E-state index in [2.05, 4.69) is 10.3 Å². The number of nitrogens with one attached hydrogen (secondary N) is 1. The SMILES string of the molecule is COCCOc1ccc(-c2cccc(F)c2)cc1C1=NCCN1.Cl. The maximum atomic E-state index is 13.5. The highest BCUT2D eigenvalue weighted by atomic mass is 35.5. The first kappa shape index (κ1) is 18.2. The average Bonchev–Trinajstić information content (AvgIpc) is 3.10. The van der Waals surface area contributed by atoms with Crippen molar-refractivity contribution in [3.05, 3.63) is 53.8 Å². The standard InChI is InChI=1S/C18H19FN2O2.ClH/c1-22-9-10-23-17-6-5-14(13-3-2-4-15(19)11-13)12-16(17)18-20-7-8-21-18;/h2-6,11-12H,7-10H2,1H3,(H,20,21);1H. The monoisotopic (exact) mass is 350 g/mol. The molecule has 1 aliphatic rings. The Bertz CT molecular complexity index is 722. The lowest BCUT2D eigenvalue weighted by atomic mass is 10.0. The number of aliphatic imine (C=N–C) groups is 1. The molecular weight excluding hydrogens is 331 g/mol. The molecule has 1 aliphatic heterocycles. The Morgan fingerprint density at radius 2 is 1.96 bits per heavy atom. The highest BCUT2D eigenvalue weighted by Crippen LogP contribution is 2.28.